The molecule has 0 aliphatic rings. The van der Waals surface area contributed by atoms with E-state index in [4.69, 9.17) is 11.1 Å². The molecule has 0 aliphatic heterocycles. The number of rotatable bonds is 7. The Hall–Kier alpha value is -3.17. The Bertz CT molecular complexity index is 822. The highest BCUT2D eigenvalue weighted by atomic mass is 19.4. The van der Waals surface area contributed by atoms with E-state index in [1.807, 2.05) is 0 Å². The Kier molecular flexibility index (Phi) is 5.75. The van der Waals surface area contributed by atoms with Crippen LogP contribution in [0.15, 0.2) is 18.3 Å². The Labute approximate surface area is 147 Å². The molecule has 0 spiro atoms. The molecule has 2 rings (SSSR count). The largest absolute Gasteiger partial charge is 0.421 e. The first-order chi connectivity index (χ1) is 12.3. The first-order valence-electron chi connectivity index (χ1n) is 7.55. The Morgan fingerprint density at radius 3 is 2.65 bits per heavy atom. The Balaban J connectivity index is 2.42. The van der Waals surface area contributed by atoms with E-state index < -0.39 is 11.7 Å². The number of anilines is 4. The second-order valence-corrected chi connectivity index (χ2v) is 5.32. The minimum Gasteiger partial charge on any atom is -0.398 e. The van der Waals surface area contributed by atoms with Crippen molar-refractivity contribution >= 4 is 35.6 Å². The number of hydrogen-bond donors (Lipinski definition) is 4. The van der Waals surface area contributed by atoms with Gasteiger partial charge in [0.25, 0.3) is 0 Å². The first-order valence-corrected chi connectivity index (χ1v) is 7.55. The van der Waals surface area contributed by atoms with Crippen molar-refractivity contribution in [1.82, 2.24) is 9.97 Å². The number of hydrogen-bond acceptors (Lipinski definition) is 7. The maximum Gasteiger partial charge on any atom is 0.421 e. The van der Waals surface area contributed by atoms with Crippen LogP contribution >= 0.6 is 0 Å². The van der Waals surface area contributed by atoms with Crippen molar-refractivity contribution in [3.63, 3.8) is 0 Å². The molecule has 0 saturated heterocycles. The summed E-state index contributed by atoms with van der Waals surface area (Å²) in [5, 5.41) is 12.7. The minimum atomic E-state index is -4.59. The van der Waals surface area contributed by atoms with Crippen molar-refractivity contribution in [2.24, 2.45) is 0 Å². The highest BCUT2D eigenvalue weighted by molar-refractivity contribution is 5.94. The van der Waals surface area contributed by atoms with Crippen LogP contribution in [0.5, 0.6) is 0 Å². The van der Waals surface area contributed by atoms with E-state index in [1.165, 1.54) is 7.05 Å². The lowest BCUT2D eigenvalue weighted by Crippen LogP contribution is -2.13. The maximum atomic E-state index is 12.9. The van der Waals surface area contributed by atoms with E-state index in [0.29, 0.717) is 36.0 Å². The third kappa shape index (κ3) is 4.26. The van der Waals surface area contributed by atoms with Gasteiger partial charge in [-0.15, -0.1) is 0 Å². The topological polar surface area (TPSA) is 117 Å². The predicted molar refractivity (Wildman–Crippen MR) is 93.0 cm³/mol. The summed E-state index contributed by atoms with van der Waals surface area (Å²) >= 11 is 0. The number of nitrogen functional groups attached to an aromatic ring is 1. The van der Waals surface area contributed by atoms with Gasteiger partial charge in [-0.3, -0.25) is 0 Å². The molecule has 0 unspecified atom stereocenters. The smallest absolute Gasteiger partial charge is 0.398 e. The van der Waals surface area contributed by atoms with Crippen molar-refractivity contribution < 1.29 is 18.0 Å². The fraction of sp³-hybridized carbons (Fsp3) is 0.250. The van der Waals surface area contributed by atoms with Crippen LogP contribution in [0, 0.1) is 5.41 Å². The molecule has 1 aromatic carbocycles. The van der Waals surface area contributed by atoms with E-state index in [1.54, 1.807) is 12.1 Å². The summed E-state index contributed by atoms with van der Waals surface area (Å²) in [5.74, 6) is -0.464. The fourth-order valence-electron chi connectivity index (χ4n) is 2.33. The second-order valence-electron chi connectivity index (χ2n) is 5.32. The summed E-state index contributed by atoms with van der Waals surface area (Å²) in [4.78, 5) is 18.1. The number of nitrogens with two attached hydrogens (primary N) is 1. The lowest BCUT2D eigenvalue weighted by Gasteiger charge is -2.15. The van der Waals surface area contributed by atoms with Crippen LogP contribution in [0.1, 0.15) is 23.1 Å². The monoisotopic (exact) mass is 366 g/mol. The number of nitrogens with zero attached hydrogens (tertiary/aromatic N) is 2. The number of carbonyl (C=O) groups excluding carboxylic acids is 1. The van der Waals surface area contributed by atoms with Gasteiger partial charge in [-0.1, -0.05) is 0 Å². The van der Waals surface area contributed by atoms with Crippen LogP contribution in [0.25, 0.3) is 0 Å². The average molecular weight is 366 g/mol. The molecule has 2 aromatic rings. The molecule has 0 radical (unpaired) electrons. The number of alkyl halides is 3. The van der Waals surface area contributed by atoms with Crippen LogP contribution in [0.2, 0.25) is 0 Å². The number of halogens is 3. The second kappa shape index (κ2) is 7.81. The molecule has 1 heterocycles. The molecule has 0 saturated carbocycles. The van der Waals surface area contributed by atoms with Gasteiger partial charge in [0, 0.05) is 37.1 Å². The van der Waals surface area contributed by atoms with Gasteiger partial charge in [0.1, 0.15) is 17.7 Å². The zero-order chi connectivity index (χ0) is 19.3. The van der Waals surface area contributed by atoms with Crippen LogP contribution < -0.4 is 16.4 Å². The van der Waals surface area contributed by atoms with E-state index in [2.05, 4.69) is 20.6 Å². The average Bonchev–Trinajstić information content (AvgIpc) is 2.58. The number of aromatic nitrogens is 2. The van der Waals surface area contributed by atoms with Gasteiger partial charge >= 0.3 is 6.18 Å². The molecule has 1 aromatic heterocycles. The third-order valence-corrected chi connectivity index (χ3v) is 3.54. The molecule has 0 atom stereocenters. The number of nitrogens with one attached hydrogen (secondary N) is 3. The molecular weight excluding hydrogens is 349 g/mol. The number of carbonyl (C=O) groups is 1. The van der Waals surface area contributed by atoms with E-state index >= 15 is 0 Å². The summed E-state index contributed by atoms with van der Waals surface area (Å²) in [6.45, 7) is 0. The van der Waals surface area contributed by atoms with Gasteiger partial charge in [0.05, 0.1) is 5.69 Å². The number of benzene rings is 1. The molecule has 0 bridgehead atoms. The highest BCUT2D eigenvalue weighted by Crippen LogP contribution is 2.34. The molecule has 5 N–H and O–H groups in total. The van der Waals surface area contributed by atoms with Gasteiger partial charge < -0.3 is 26.6 Å². The Morgan fingerprint density at radius 1 is 1.35 bits per heavy atom. The zero-order valence-corrected chi connectivity index (χ0v) is 13.8. The number of aldehydes is 1. The minimum absolute atomic E-state index is 0.0858. The van der Waals surface area contributed by atoms with Gasteiger partial charge in [0.15, 0.2) is 0 Å². The standard InChI is InChI=1S/C16H17F3N6O/c1-22-14-11(16(17,18)19)8-23-15(25-14)24-13-6-9(3-2-4-26)5-12(21)10(13)7-20/h4-8,20H,2-3,21H2,1H3,(H2,22,23,24,25). The fourth-order valence-corrected chi connectivity index (χ4v) is 2.33. The summed E-state index contributed by atoms with van der Waals surface area (Å²) < 4.78 is 38.8. The molecular formula is C16H17F3N6O. The first kappa shape index (κ1) is 19.2. The zero-order valence-electron chi connectivity index (χ0n) is 13.8. The van der Waals surface area contributed by atoms with Crippen molar-refractivity contribution in [2.75, 3.05) is 23.4 Å². The lowest BCUT2D eigenvalue weighted by atomic mass is 10.0. The van der Waals surface area contributed by atoms with Crippen molar-refractivity contribution in [3.8, 4) is 0 Å². The summed E-state index contributed by atoms with van der Waals surface area (Å²) in [7, 11) is 1.32. The van der Waals surface area contributed by atoms with Crippen molar-refractivity contribution in [2.45, 2.75) is 19.0 Å². The van der Waals surface area contributed by atoms with Gasteiger partial charge in [-0.25, -0.2) is 4.98 Å². The lowest BCUT2D eigenvalue weighted by molar-refractivity contribution is -0.137. The van der Waals surface area contributed by atoms with E-state index in [0.717, 1.165) is 18.1 Å². The molecule has 0 fully saturated rings. The van der Waals surface area contributed by atoms with Crippen LogP contribution in [-0.2, 0) is 17.4 Å². The van der Waals surface area contributed by atoms with E-state index in [9.17, 15) is 18.0 Å². The summed E-state index contributed by atoms with van der Waals surface area (Å²) in [6, 6.07) is 3.29. The predicted octanol–water partition coefficient (Wildman–Crippen LogP) is 2.99. The molecule has 0 aliphatic carbocycles. The van der Waals surface area contributed by atoms with E-state index in [-0.39, 0.29) is 11.8 Å². The van der Waals surface area contributed by atoms with Crippen LogP contribution in [0.4, 0.5) is 36.3 Å². The maximum absolute atomic E-state index is 12.9. The van der Waals surface area contributed by atoms with Crippen molar-refractivity contribution in [1.29, 1.82) is 5.41 Å². The van der Waals surface area contributed by atoms with Crippen molar-refractivity contribution in [3.05, 3.63) is 35.0 Å². The highest BCUT2D eigenvalue weighted by Gasteiger charge is 2.35. The summed E-state index contributed by atoms with van der Waals surface area (Å²) in [6.07, 6.45) is -1.39. The summed E-state index contributed by atoms with van der Waals surface area (Å²) in [5.41, 5.74) is 6.67. The van der Waals surface area contributed by atoms with Gasteiger partial charge in [-0.2, -0.15) is 18.2 Å². The van der Waals surface area contributed by atoms with Gasteiger partial charge in [-0.05, 0) is 24.1 Å². The quantitative estimate of drug-likeness (QED) is 0.340. The SMILES string of the molecule is CNc1nc(Nc2cc(CCC=O)cc(N)c2C=N)ncc1C(F)(F)F. The number of aryl methyl sites for hydroxylation is 1. The molecule has 26 heavy (non-hydrogen) atoms. The normalized spacial score (nSPS) is 11.1. The molecule has 138 valence electrons. The van der Waals surface area contributed by atoms with Crippen LogP contribution in [-0.4, -0.2) is 29.5 Å². The van der Waals surface area contributed by atoms with Gasteiger partial charge in [0.2, 0.25) is 5.95 Å². The molecule has 7 nitrogen and oxygen atoms in total. The molecule has 10 heteroatoms. The van der Waals surface area contributed by atoms with Crippen LogP contribution in [0.3, 0.4) is 0 Å². The third-order valence-electron chi connectivity index (χ3n) is 3.54. The Morgan fingerprint density at radius 2 is 2.08 bits per heavy atom. The molecule has 0 amide bonds.